The number of fused-ring (bicyclic) bond motifs is 1. The van der Waals surface area contributed by atoms with Crippen LogP contribution in [-0.2, 0) is 9.53 Å². The molecule has 1 aliphatic heterocycles. The standard InChI is InChI=1S/C21H24N2O5S/c1-4-13(5-2)22-19(24)16-12-23(14-8-6-7-9-15(14)28-16)20(25)17-10-11-18(29-17)21(26)27-3/h6-11,13,16H,4-5,12H2,1-3H3,(H,22,24). The van der Waals surface area contributed by atoms with Gasteiger partial charge in [0.2, 0.25) is 0 Å². The molecule has 3 rings (SSSR count). The first-order valence-corrected chi connectivity index (χ1v) is 10.4. The monoisotopic (exact) mass is 416 g/mol. The van der Waals surface area contributed by atoms with Crippen LogP contribution in [0, 0.1) is 0 Å². The molecule has 2 aromatic rings. The fourth-order valence-corrected chi connectivity index (χ4v) is 4.02. The number of esters is 1. The lowest BCUT2D eigenvalue weighted by Gasteiger charge is -2.34. The lowest BCUT2D eigenvalue weighted by Crippen LogP contribution is -2.52. The van der Waals surface area contributed by atoms with Crippen molar-refractivity contribution in [3.8, 4) is 5.75 Å². The zero-order valence-corrected chi connectivity index (χ0v) is 17.5. The van der Waals surface area contributed by atoms with Crippen molar-refractivity contribution < 1.29 is 23.9 Å². The molecule has 8 heteroatoms. The molecule has 1 aromatic carbocycles. The number of nitrogens with zero attached hydrogens (tertiary/aromatic N) is 1. The van der Waals surface area contributed by atoms with Crippen LogP contribution < -0.4 is 15.0 Å². The zero-order valence-electron chi connectivity index (χ0n) is 16.6. The molecule has 29 heavy (non-hydrogen) atoms. The summed E-state index contributed by atoms with van der Waals surface area (Å²) >= 11 is 1.06. The van der Waals surface area contributed by atoms with E-state index in [0.717, 1.165) is 24.2 Å². The van der Waals surface area contributed by atoms with Gasteiger partial charge in [-0.15, -0.1) is 11.3 Å². The number of thiophene rings is 1. The first-order chi connectivity index (χ1) is 14.0. The average molecular weight is 416 g/mol. The number of nitrogens with one attached hydrogen (secondary N) is 1. The second-order valence-corrected chi connectivity index (χ2v) is 7.75. The molecular formula is C21H24N2O5S. The van der Waals surface area contributed by atoms with Crippen LogP contribution in [-0.4, -0.2) is 43.6 Å². The van der Waals surface area contributed by atoms with Crippen LogP contribution in [0.25, 0.3) is 0 Å². The van der Waals surface area contributed by atoms with Gasteiger partial charge < -0.3 is 14.8 Å². The van der Waals surface area contributed by atoms with E-state index < -0.39 is 12.1 Å². The molecule has 2 amide bonds. The van der Waals surface area contributed by atoms with E-state index in [2.05, 4.69) is 5.32 Å². The molecule has 0 aliphatic carbocycles. The Hall–Kier alpha value is -2.87. The van der Waals surface area contributed by atoms with Crippen LogP contribution in [0.15, 0.2) is 36.4 Å². The Morgan fingerprint density at radius 1 is 1.17 bits per heavy atom. The quantitative estimate of drug-likeness (QED) is 0.731. The highest BCUT2D eigenvalue weighted by Gasteiger charge is 2.35. The Bertz CT molecular complexity index is 906. The molecule has 0 saturated heterocycles. The minimum absolute atomic E-state index is 0.0623. The van der Waals surface area contributed by atoms with E-state index in [9.17, 15) is 14.4 Å². The summed E-state index contributed by atoms with van der Waals surface area (Å²) in [6.07, 6.45) is 0.828. The molecule has 1 aromatic heterocycles. The summed E-state index contributed by atoms with van der Waals surface area (Å²) in [7, 11) is 1.30. The number of amides is 2. The molecule has 2 heterocycles. The SMILES string of the molecule is CCC(CC)NC(=O)C1CN(C(=O)c2ccc(C(=O)OC)s2)c2ccccc2O1. The van der Waals surface area contributed by atoms with E-state index in [0.29, 0.717) is 21.2 Å². The molecule has 0 saturated carbocycles. The van der Waals surface area contributed by atoms with E-state index in [1.54, 1.807) is 36.4 Å². The van der Waals surface area contributed by atoms with Crippen LogP contribution in [0.3, 0.4) is 0 Å². The smallest absolute Gasteiger partial charge is 0.348 e. The van der Waals surface area contributed by atoms with Gasteiger partial charge in [-0.1, -0.05) is 26.0 Å². The molecule has 0 bridgehead atoms. The lowest BCUT2D eigenvalue weighted by atomic mass is 10.1. The van der Waals surface area contributed by atoms with E-state index in [1.165, 1.54) is 12.0 Å². The molecule has 0 fully saturated rings. The molecule has 154 valence electrons. The van der Waals surface area contributed by atoms with Crippen LogP contribution in [0.2, 0.25) is 0 Å². The molecule has 1 aliphatic rings. The van der Waals surface area contributed by atoms with E-state index in [1.807, 2.05) is 13.8 Å². The van der Waals surface area contributed by atoms with Crippen molar-refractivity contribution in [1.29, 1.82) is 0 Å². The molecule has 0 spiro atoms. The van der Waals surface area contributed by atoms with Gasteiger partial charge in [0.1, 0.15) is 10.6 Å². The van der Waals surface area contributed by atoms with Gasteiger partial charge in [0, 0.05) is 6.04 Å². The zero-order chi connectivity index (χ0) is 21.0. The number of hydrogen-bond donors (Lipinski definition) is 1. The average Bonchev–Trinajstić information content (AvgIpc) is 3.25. The summed E-state index contributed by atoms with van der Waals surface area (Å²) in [4.78, 5) is 39.9. The van der Waals surface area contributed by atoms with Crippen molar-refractivity contribution >= 4 is 34.8 Å². The number of carbonyl (C=O) groups is 3. The van der Waals surface area contributed by atoms with Gasteiger partial charge in [0.05, 0.1) is 24.2 Å². The van der Waals surface area contributed by atoms with Crippen molar-refractivity contribution in [2.45, 2.75) is 38.8 Å². The van der Waals surface area contributed by atoms with Gasteiger partial charge in [0.25, 0.3) is 11.8 Å². The molecular weight excluding hydrogens is 392 g/mol. The van der Waals surface area contributed by atoms with Gasteiger partial charge in [0.15, 0.2) is 6.10 Å². The number of anilines is 1. The Kier molecular flexibility index (Phi) is 6.53. The highest BCUT2D eigenvalue weighted by atomic mass is 32.1. The lowest BCUT2D eigenvalue weighted by molar-refractivity contribution is -0.128. The molecule has 7 nitrogen and oxygen atoms in total. The normalized spacial score (nSPS) is 15.4. The Balaban J connectivity index is 1.86. The van der Waals surface area contributed by atoms with Gasteiger partial charge >= 0.3 is 5.97 Å². The maximum Gasteiger partial charge on any atom is 0.348 e. The predicted octanol–water partition coefficient (Wildman–Crippen LogP) is 3.25. The number of hydrogen-bond acceptors (Lipinski definition) is 6. The highest BCUT2D eigenvalue weighted by molar-refractivity contribution is 7.16. The first kappa shape index (κ1) is 20.9. The van der Waals surface area contributed by atoms with E-state index in [-0.39, 0.29) is 24.4 Å². The van der Waals surface area contributed by atoms with Crippen LogP contribution in [0.5, 0.6) is 5.75 Å². The van der Waals surface area contributed by atoms with Crippen molar-refractivity contribution in [2.75, 3.05) is 18.6 Å². The maximum absolute atomic E-state index is 13.2. The number of benzene rings is 1. The Morgan fingerprint density at radius 2 is 1.86 bits per heavy atom. The van der Waals surface area contributed by atoms with Crippen molar-refractivity contribution in [3.63, 3.8) is 0 Å². The third kappa shape index (κ3) is 4.42. The third-order valence-corrected chi connectivity index (χ3v) is 5.90. The number of carbonyl (C=O) groups excluding carboxylic acids is 3. The minimum atomic E-state index is -0.811. The van der Waals surface area contributed by atoms with E-state index >= 15 is 0 Å². The van der Waals surface area contributed by atoms with Crippen molar-refractivity contribution in [3.05, 3.63) is 46.2 Å². The summed E-state index contributed by atoms with van der Waals surface area (Å²) in [6, 6.07) is 10.3. The molecule has 1 unspecified atom stereocenters. The molecule has 0 radical (unpaired) electrons. The number of rotatable bonds is 6. The van der Waals surface area contributed by atoms with Gasteiger partial charge in [-0.2, -0.15) is 0 Å². The van der Waals surface area contributed by atoms with Crippen molar-refractivity contribution in [1.82, 2.24) is 5.32 Å². The second-order valence-electron chi connectivity index (χ2n) is 6.67. The van der Waals surface area contributed by atoms with E-state index in [4.69, 9.17) is 9.47 Å². The van der Waals surface area contributed by atoms with Crippen LogP contribution >= 0.6 is 11.3 Å². The van der Waals surface area contributed by atoms with Gasteiger partial charge in [-0.05, 0) is 37.1 Å². The summed E-state index contributed by atoms with van der Waals surface area (Å²) < 4.78 is 10.6. The summed E-state index contributed by atoms with van der Waals surface area (Å²) in [5.74, 6) is -0.547. The Morgan fingerprint density at radius 3 is 2.55 bits per heavy atom. The second kappa shape index (κ2) is 9.09. The molecule has 1 N–H and O–H groups in total. The first-order valence-electron chi connectivity index (χ1n) is 9.54. The van der Waals surface area contributed by atoms with Gasteiger partial charge in [-0.25, -0.2) is 4.79 Å². The number of ether oxygens (including phenoxy) is 2. The summed E-state index contributed by atoms with van der Waals surface area (Å²) in [5, 5.41) is 2.98. The highest BCUT2D eigenvalue weighted by Crippen LogP contribution is 2.35. The fraction of sp³-hybridized carbons (Fsp3) is 0.381. The fourth-order valence-electron chi connectivity index (χ4n) is 3.15. The van der Waals surface area contributed by atoms with Crippen LogP contribution in [0.4, 0.5) is 5.69 Å². The predicted molar refractivity (Wildman–Crippen MR) is 111 cm³/mol. The number of methoxy groups -OCH3 is 1. The summed E-state index contributed by atoms with van der Waals surface area (Å²) in [6.45, 7) is 4.11. The Labute approximate surface area is 173 Å². The van der Waals surface area contributed by atoms with Crippen LogP contribution in [0.1, 0.15) is 46.0 Å². The topological polar surface area (TPSA) is 84.9 Å². The largest absolute Gasteiger partial charge is 0.477 e. The summed E-state index contributed by atoms with van der Waals surface area (Å²) in [5.41, 5.74) is 0.595. The third-order valence-electron chi connectivity index (χ3n) is 4.85. The van der Waals surface area contributed by atoms with Crippen molar-refractivity contribution in [2.24, 2.45) is 0 Å². The molecule has 1 atom stereocenters. The minimum Gasteiger partial charge on any atom is -0.477 e. The van der Waals surface area contributed by atoms with Gasteiger partial charge in [-0.3, -0.25) is 14.5 Å². The number of para-hydroxylation sites is 2. The maximum atomic E-state index is 13.2.